The molecule has 2 N–H and O–H groups in total. The van der Waals surface area contributed by atoms with Crippen molar-refractivity contribution in [2.24, 2.45) is 56.2 Å². The molecule has 0 heterocycles. The predicted molar refractivity (Wildman–Crippen MR) is 195 cm³/mol. The number of aliphatic carboxylic acids is 1. The number of ether oxygens (including phenoxy) is 1. The normalized spacial score (nSPS) is 40.7. The average molecular weight is 680 g/mol. The van der Waals surface area contributed by atoms with E-state index in [0.717, 1.165) is 45.1 Å². The van der Waals surface area contributed by atoms with Gasteiger partial charge in [0.25, 0.3) is 0 Å². The molecule has 0 aromatic rings. The third kappa shape index (κ3) is 5.88. The molecule has 49 heavy (non-hydrogen) atoms. The molecule has 0 aromatic carbocycles. The molecular weight excluding hydrogens is 610 g/mol. The second kappa shape index (κ2) is 12.8. The first-order valence-corrected chi connectivity index (χ1v) is 20.3. The second-order valence-corrected chi connectivity index (χ2v) is 20.2. The third-order valence-electron chi connectivity index (χ3n) is 16.6. The topological polar surface area (TPSA) is 92.7 Å². The van der Waals surface area contributed by atoms with E-state index in [1.54, 1.807) is 19.4 Å². The van der Waals surface area contributed by atoms with Crippen LogP contribution in [0.25, 0.3) is 0 Å². The fraction of sp³-hybridized carbons (Fsp3) is 0.884. The van der Waals surface area contributed by atoms with Crippen molar-refractivity contribution in [1.82, 2.24) is 5.32 Å². The molecular formula is C43H69NO5. The van der Waals surface area contributed by atoms with Crippen LogP contribution in [0.15, 0.2) is 11.1 Å². The van der Waals surface area contributed by atoms with Crippen molar-refractivity contribution in [3.63, 3.8) is 0 Å². The van der Waals surface area contributed by atoms with Gasteiger partial charge in [-0.3, -0.25) is 14.4 Å². The van der Waals surface area contributed by atoms with Gasteiger partial charge in [-0.25, -0.2) is 0 Å². The highest BCUT2D eigenvalue weighted by Crippen LogP contribution is 2.77. The second-order valence-electron chi connectivity index (χ2n) is 20.2. The molecule has 5 fully saturated rings. The molecule has 6 rings (SSSR count). The number of carbonyl (C=O) groups is 3. The van der Waals surface area contributed by atoms with E-state index in [1.807, 2.05) is 0 Å². The highest BCUT2D eigenvalue weighted by molar-refractivity contribution is 6.00. The van der Waals surface area contributed by atoms with Crippen molar-refractivity contribution in [3.05, 3.63) is 11.1 Å². The molecule has 5 saturated carbocycles. The molecule has 0 radical (unpaired) electrons. The standard InChI is InChI=1S/C43H69NO5/c1-27(2)35-30(45)25-43(23-24-44-28-13-11-10-12-14-28)22-21-41(8)29(36(35)43)15-16-32-40(7)19-18-33(49-34(46)26-38(3,4)37(47)48)39(5,6)31(40)17-20-42(32,41)9/h27-29,31-33,44H,10-26H2,1-9H3,(H,47,48)/t29-,31+,32-,33+,40+,41-,42-,43-/m1/s1. The Morgan fingerprint density at radius 2 is 1.57 bits per heavy atom. The van der Waals surface area contributed by atoms with Gasteiger partial charge >= 0.3 is 11.9 Å². The first-order valence-electron chi connectivity index (χ1n) is 20.3. The van der Waals surface area contributed by atoms with Gasteiger partial charge in [0.15, 0.2) is 5.78 Å². The maximum absolute atomic E-state index is 14.0. The SMILES string of the molecule is CC(C)C1=C2[C@H]3CC[C@@H]4[C@@]5(C)CC[C@H](OC(=O)CC(C)(C)C(=O)O)C(C)(C)[C@@H]5CC[C@@]4(C)[C@]3(C)CC[C@@]2(CCNC2CCCCC2)CC1=O. The molecule has 0 spiro atoms. The molecule has 0 amide bonds. The van der Waals surface area contributed by atoms with Gasteiger partial charge in [-0.1, -0.05) is 73.3 Å². The summed E-state index contributed by atoms with van der Waals surface area (Å²) < 4.78 is 6.18. The van der Waals surface area contributed by atoms with E-state index in [0.29, 0.717) is 29.6 Å². The van der Waals surface area contributed by atoms with Crippen molar-refractivity contribution in [2.45, 2.75) is 177 Å². The number of rotatable bonds is 9. The number of nitrogens with one attached hydrogen (secondary N) is 1. The van der Waals surface area contributed by atoms with Crippen LogP contribution in [0.1, 0.15) is 165 Å². The zero-order valence-electron chi connectivity index (χ0n) is 32.6. The summed E-state index contributed by atoms with van der Waals surface area (Å²) in [7, 11) is 0. The summed E-state index contributed by atoms with van der Waals surface area (Å²) in [5.74, 6) is 0.858. The molecule has 0 aromatic heterocycles. The van der Waals surface area contributed by atoms with Crippen LogP contribution in [0.3, 0.4) is 0 Å². The number of esters is 1. The zero-order chi connectivity index (χ0) is 35.8. The number of Topliss-reactive ketones (excluding diaryl/α,β-unsaturated/α-hetero) is 1. The van der Waals surface area contributed by atoms with Crippen molar-refractivity contribution < 1.29 is 24.2 Å². The number of carboxylic acid groups (broad SMARTS) is 1. The molecule has 0 unspecified atom stereocenters. The lowest BCUT2D eigenvalue weighted by Crippen LogP contribution is -2.65. The van der Waals surface area contributed by atoms with E-state index in [9.17, 15) is 19.5 Å². The number of hydrogen-bond donors (Lipinski definition) is 2. The molecule has 0 bridgehead atoms. The molecule has 8 atom stereocenters. The highest BCUT2D eigenvalue weighted by Gasteiger charge is 2.70. The van der Waals surface area contributed by atoms with E-state index in [-0.39, 0.29) is 51.5 Å². The fourth-order valence-corrected chi connectivity index (χ4v) is 13.7. The monoisotopic (exact) mass is 680 g/mol. The zero-order valence-corrected chi connectivity index (χ0v) is 32.6. The minimum Gasteiger partial charge on any atom is -0.481 e. The summed E-state index contributed by atoms with van der Waals surface area (Å²) in [6.07, 6.45) is 17.1. The van der Waals surface area contributed by atoms with Crippen LogP contribution in [0, 0.1) is 56.2 Å². The van der Waals surface area contributed by atoms with Crippen molar-refractivity contribution in [3.8, 4) is 0 Å². The summed E-state index contributed by atoms with van der Waals surface area (Å²) in [6, 6.07) is 0.651. The number of ketones is 1. The van der Waals surface area contributed by atoms with Crippen LogP contribution in [-0.2, 0) is 19.1 Å². The van der Waals surface area contributed by atoms with Crippen LogP contribution >= 0.6 is 0 Å². The predicted octanol–water partition coefficient (Wildman–Crippen LogP) is 9.69. The Balaban J connectivity index is 1.25. The molecule has 6 aliphatic carbocycles. The summed E-state index contributed by atoms with van der Waals surface area (Å²) in [5, 5.41) is 13.6. The number of fused-ring (bicyclic) bond motifs is 7. The Bertz CT molecular complexity index is 1360. The van der Waals surface area contributed by atoms with Crippen LogP contribution < -0.4 is 5.32 Å². The average Bonchev–Trinajstić information content (AvgIpc) is 3.31. The molecule has 0 aliphatic heterocycles. The molecule has 276 valence electrons. The van der Waals surface area contributed by atoms with Gasteiger partial charge in [-0.2, -0.15) is 0 Å². The minimum absolute atomic E-state index is 0.0337. The van der Waals surface area contributed by atoms with Gasteiger partial charge in [0.2, 0.25) is 0 Å². The summed E-state index contributed by atoms with van der Waals surface area (Å²) in [5.41, 5.74) is 1.99. The Hall–Kier alpha value is -1.69. The summed E-state index contributed by atoms with van der Waals surface area (Å²) in [6.45, 7) is 21.2. The number of hydrogen-bond acceptors (Lipinski definition) is 5. The van der Waals surface area contributed by atoms with Crippen molar-refractivity contribution >= 4 is 17.7 Å². The van der Waals surface area contributed by atoms with Gasteiger partial charge < -0.3 is 15.2 Å². The third-order valence-corrected chi connectivity index (χ3v) is 16.6. The van der Waals surface area contributed by atoms with E-state index < -0.39 is 11.4 Å². The van der Waals surface area contributed by atoms with Crippen molar-refractivity contribution in [1.29, 1.82) is 0 Å². The highest BCUT2D eigenvalue weighted by atomic mass is 16.5. The molecule has 6 aliphatic rings. The Morgan fingerprint density at radius 1 is 0.878 bits per heavy atom. The van der Waals surface area contributed by atoms with E-state index >= 15 is 0 Å². The van der Waals surface area contributed by atoms with Crippen LogP contribution in [0.4, 0.5) is 0 Å². The maximum atomic E-state index is 14.0. The summed E-state index contributed by atoms with van der Waals surface area (Å²) in [4.78, 5) is 38.8. The largest absolute Gasteiger partial charge is 0.481 e. The first kappa shape index (κ1) is 37.1. The Morgan fingerprint density at radius 3 is 2.22 bits per heavy atom. The smallest absolute Gasteiger partial charge is 0.309 e. The Kier molecular flexibility index (Phi) is 9.66. The van der Waals surface area contributed by atoms with Gasteiger partial charge in [-0.05, 0) is 137 Å². The molecule has 6 nitrogen and oxygen atoms in total. The van der Waals surface area contributed by atoms with Gasteiger partial charge in [-0.15, -0.1) is 0 Å². The number of allylic oxidation sites excluding steroid dienone is 2. The first-order chi connectivity index (χ1) is 22.8. The van der Waals surface area contributed by atoms with Crippen LogP contribution in [0.5, 0.6) is 0 Å². The molecule has 0 saturated heterocycles. The van der Waals surface area contributed by atoms with Crippen molar-refractivity contribution in [2.75, 3.05) is 6.54 Å². The summed E-state index contributed by atoms with van der Waals surface area (Å²) >= 11 is 0. The maximum Gasteiger partial charge on any atom is 0.309 e. The number of carboxylic acids is 1. The van der Waals surface area contributed by atoms with E-state index in [4.69, 9.17) is 4.74 Å². The van der Waals surface area contributed by atoms with Gasteiger partial charge in [0, 0.05) is 23.3 Å². The molecule has 6 heteroatoms. The minimum atomic E-state index is -1.14. The van der Waals surface area contributed by atoms with Gasteiger partial charge in [0.05, 0.1) is 11.8 Å². The van der Waals surface area contributed by atoms with Gasteiger partial charge in [0.1, 0.15) is 6.10 Å². The van der Waals surface area contributed by atoms with Crippen LogP contribution in [0.2, 0.25) is 0 Å². The fourth-order valence-electron chi connectivity index (χ4n) is 13.7. The van der Waals surface area contributed by atoms with E-state index in [2.05, 4.69) is 53.8 Å². The van der Waals surface area contributed by atoms with Crippen LogP contribution in [-0.4, -0.2) is 41.5 Å². The lowest BCUT2D eigenvalue weighted by molar-refractivity contribution is -0.233. The number of carbonyl (C=O) groups excluding carboxylic acids is 2. The Labute approximate surface area is 297 Å². The lowest BCUT2D eigenvalue weighted by Gasteiger charge is -2.72. The quantitative estimate of drug-likeness (QED) is 0.236. The lowest BCUT2D eigenvalue weighted by atomic mass is 9.33. The van der Waals surface area contributed by atoms with E-state index in [1.165, 1.54) is 63.4 Å².